The van der Waals surface area contributed by atoms with E-state index in [4.69, 9.17) is 4.74 Å². The topological polar surface area (TPSA) is 26.3 Å². The minimum absolute atomic E-state index is 0.0260. The van der Waals surface area contributed by atoms with Crippen LogP contribution in [0.4, 0.5) is 0 Å². The Kier molecular flexibility index (Phi) is 39.7. The van der Waals surface area contributed by atoms with Crippen molar-refractivity contribution in [3.05, 3.63) is 12.2 Å². The molecule has 274 valence electrons. The number of allylic oxidation sites excluding steroid dienone is 2. The molecule has 46 heavy (non-hydrogen) atoms. The molecule has 0 aromatic heterocycles. The Hall–Kier alpha value is -0.790. The molecule has 1 atom stereocenters. The lowest BCUT2D eigenvalue weighted by atomic mass is 9.99. The molecule has 0 heterocycles. The van der Waals surface area contributed by atoms with E-state index in [9.17, 15) is 4.79 Å². The molecule has 0 radical (unpaired) electrons. The van der Waals surface area contributed by atoms with Crippen LogP contribution < -0.4 is 0 Å². The zero-order valence-corrected chi connectivity index (χ0v) is 32.2. The van der Waals surface area contributed by atoms with Gasteiger partial charge in [-0.3, -0.25) is 4.79 Å². The summed E-state index contributed by atoms with van der Waals surface area (Å²) in [4.78, 5) is 12.0. The number of hydrogen-bond donors (Lipinski definition) is 0. The van der Waals surface area contributed by atoms with E-state index in [-0.39, 0.29) is 5.97 Å². The van der Waals surface area contributed by atoms with Crippen molar-refractivity contribution >= 4 is 5.97 Å². The van der Waals surface area contributed by atoms with Crippen LogP contribution in [0.2, 0.25) is 0 Å². The van der Waals surface area contributed by atoms with Crippen LogP contribution in [0, 0.1) is 5.92 Å². The standard InChI is InChI=1S/C44H86O2/c1-4-6-7-8-9-10-11-12-13-14-15-16-20-23-26-29-32-35-38-41-44(45)46-42-39-36-33-30-27-24-21-18-17-19-22-25-28-31-34-37-40-43(3)5-2/h12-13,43H,4-11,14-42H2,1-3H3. The highest BCUT2D eigenvalue weighted by Gasteiger charge is 2.03. The third kappa shape index (κ3) is 39.4. The Morgan fingerprint density at radius 2 is 0.804 bits per heavy atom. The minimum atomic E-state index is 0.0260. The molecular weight excluding hydrogens is 560 g/mol. The average Bonchev–Trinajstić information content (AvgIpc) is 3.06. The fourth-order valence-electron chi connectivity index (χ4n) is 6.58. The Balaban J connectivity index is 3.18. The minimum Gasteiger partial charge on any atom is -0.466 e. The zero-order chi connectivity index (χ0) is 33.4. The molecule has 0 amide bonds. The first-order valence-corrected chi connectivity index (χ1v) is 21.5. The second-order valence-corrected chi connectivity index (χ2v) is 14.9. The Morgan fingerprint density at radius 3 is 1.22 bits per heavy atom. The molecule has 0 fully saturated rings. The Labute approximate surface area is 291 Å². The maximum atomic E-state index is 12.0. The number of ether oxygens (including phenoxy) is 1. The SMILES string of the molecule is CCCCCCCCC=CCCCCCCCCCCCC(=O)OCCCCCCCCCCCCCCCCCCC(C)CC. The molecule has 2 heteroatoms. The number of carbonyl (C=O) groups is 1. The van der Waals surface area contributed by atoms with Crippen molar-refractivity contribution < 1.29 is 9.53 Å². The highest BCUT2D eigenvalue weighted by atomic mass is 16.5. The molecule has 0 aliphatic carbocycles. The third-order valence-corrected chi connectivity index (χ3v) is 10.2. The second kappa shape index (κ2) is 40.4. The van der Waals surface area contributed by atoms with Crippen molar-refractivity contribution in [3.8, 4) is 0 Å². The molecule has 0 rings (SSSR count). The van der Waals surface area contributed by atoms with Crippen LogP contribution in [0.3, 0.4) is 0 Å². The zero-order valence-electron chi connectivity index (χ0n) is 32.2. The molecule has 0 saturated heterocycles. The van der Waals surface area contributed by atoms with E-state index < -0.39 is 0 Å². The number of esters is 1. The van der Waals surface area contributed by atoms with E-state index in [0.29, 0.717) is 13.0 Å². The van der Waals surface area contributed by atoms with Crippen LogP contribution in [0.1, 0.15) is 252 Å². The fourth-order valence-corrected chi connectivity index (χ4v) is 6.58. The van der Waals surface area contributed by atoms with Crippen LogP contribution in [0.5, 0.6) is 0 Å². The fraction of sp³-hybridized carbons (Fsp3) is 0.932. The van der Waals surface area contributed by atoms with Gasteiger partial charge in [-0.1, -0.05) is 219 Å². The lowest BCUT2D eigenvalue weighted by molar-refractivity contribution is -0.143. The van der Waals surface area contributed by atoms with Gasteiger partial charge in [0.2, 0.25) is 0 Å². The molecule has 2 nitrogen and oxygen atoms in total. The summed E-state index contributed by atoms with van der Waals surface area (Å²) in [5, 5.41) is 0. The molecule has 1 unspecified atom stereocenters. The van der Waals surface area contributed by atoms with Gasteiger partial charge in [0, 0.05) is 6.42 Å². The molecule has 0 N–H and O–H groups in total. The van der Waals surface area contributed by atoms with Crippen molar-refractivity contribution in [2.45, 2.75) is 252 Å². The predicted octanol–water partition coefficient (Wildman–Crippen LogP) is 15.8. The summed E-state index contributed by atoms with van der Waals surface area (Å²) in [7, 11) is 0. The molecule has 0 aromatic rings. The summed E-state index contributed by atoms with van der Waals surface area (Å²) < 4.78 is 5.47. The largest absolute Gasteiger partial charge is 0.466 e. The third-order valence-electron chi connectivity index (χ3n) is 10.2. The van der Waals surface area contributed by atoms with E-state index in [1.54, 1.807) is 0 Å². The van der Waals surface area contributed by atoms with Gasteiger partial charge in [-0.05, 0) is 44.4 Å². The molecule has 0 spiro atoms. The smallest absolute Gasteiger partial charge is 0.305 e. The highest BCUT2D eigenvalue weighted by molar-refractivity contribution is 5.69. The first-order valence-electron chi connectivity index (χ1n) is 21.5. The van der Waals surface area contributed by atoms with Gasteiger partial charge in [-0.15, -0.1) is 0 Å². The molecule has 0 aliphatic heterocycles. The Bertz CT molecular complexity index is 597. The van der Waals surface area contributed by atoms with E-state index in [1.165, 1.54) is 212 Å². The first-order chi connectivity index (χ1) is 22.7. The summed E-state index contributed by atoms with van der Waals surface area (Å²) in [6.07, 6.45) is 52.9. The Morgan fingerprint density at radius 1 is 0.457 bits per heavy atom. The van der Waals surface area contributed by atoms with Crippen LogP contribution in [-0.4, -0.2) is 12.6 Å². The predicted molar refractivity (Wildman–Crippen MR) is 207 cm³/mol. The summed E-state index contributed by atoms with van der Waals surface area (Å²) in [5.41, 5.74) is 0. The second-order valence-electron chi connectivity index (χ2n) is 14.9. The summed E-state index contributed by atoms with van der Waals surface area (Å²) in [6.45, 7) is 7.63. The molecule has 0 saturated carbocycles. The molecular formula is C44H86O2. The lowest BCUT2D eigenvalue weighted by Crippen LogP contribution is -2.05. The van der Waals surface area contributed by atoms with Crippen molar-refractivity contribution in [2.24, 2.45) is 5.92 Å². The number of hydrogen-bond acceptors (Lipinski definition) is 2. The maximum absolute atomic E-state index is 12.0. The average molecular weight is 647 g/mol. The first kappa shape index (κ1) is 45.2. The van der Waals surface area contributed by atoms with Crippen LogP contribution >= 0.6 is 0 Å². The van der Waals surface area contributed by atoms with Crippen LogP contribution in [-0.2, 0) is 9.53 Å². The van der Waals surface area contributed by atoms with Gasteiger partial charge in [0.05, 0.1) is 6.61 Å². The number of rotatable bonds is 39. The normalized spacial score (nSPS) is 12.3. The van der Waals surface area contributed by atoms with Gasteiger partial charge in [0.1, 0.15) is 0 Å². The van der Waals surface area contributed by atoms with E-state index in [2.05, 4.69) is 32.9 Å². The number of carbonyl (C=O) groups excluding carboxylic acids is 1. The van der Waals surface area contributed by atoms with Crippen molar-refractivity contribution in [2.75, 3.05) is 6.61 Å². The van der Waals surface area contributed by atoms with Gasteiger partial charge in [0.25, 0.3) is 0 Å². The van der Waals surface area contributed by atoms with Crippen molar-refractivity contribution in [3.63, 3.8) is 0 Å². The molecule has 0 aliphatic rings. The summed E-state index contributed by atoms with van der Waals surface area (Å²) >= 11 is 0. The van der Waals surface area contributed by atoms with Crippen LogP contribution in [0.15, 0.2) is 12.2 Å². The quantitative estimate of drug-likeness (QED) is 0.0377. The van der Waals surface area contributed by atoms with E-state index >= 15 is 0 Å². The van der Waals surface area contributed by atoms with E-state index in [0.717, 1.165) is 18.8 Å². The monoisotopic (exact) mass is 647 g/mol. The van der Waals surface area contributed by atoms with Crippen molar-refractivity contribution in [1.82, 2.24) is 0 Å². The van der Waals surface area contributed by atoms with Gasteiger partial charge in [0.15, 0.2) is 0 Å². The van der Waals surface area contributed by atoms with Gasteiger partial charge in [-0.25, -0.2) is 0 Å². The van der Waals surface area contributed by atoms with Gasteiger partial charge in [-0.2, -0.15) is 0 Å². The number of unbranched alkanes of at least 4 members (excludes halogenated alkanes) is 30. The van der Waals surface area contributed by atoms with E-state index in [1.807, 2.05) is 0 Å². The van der Waals surface area contributed by atoms with Crippen molar-refractivity contribution in [1.29, 1.82) is 0 Å². The summed E-state index contributed by atoms with van der Waals surface area (Å²) in [6, 6.07) is 0. The highest BCUT2D eigenvalue weighted by Crippen LogP contribution is 2.17. The summed E-state index contributed by atoms with van der Waals surface area (Å²) in [5.74, 6) is 0.955. The lowest BCUT2D eigenvalue weighted by Gasteiger charge is -2.07. The molecule has 0 bridgehead atoms. The van der Waals surface area contributed by atoms with Gasteiger partial charge >= 0.3 is 5.97 Å². The maximum Gasteiger partial charge on any atom is 0.305 e. The van der Waals surface area contributed by atoms with Crippen LogP contribution in [0.25, 0.3) is 0 Å². The van der Waals surface area contributed by atoms with Gasteiger partial charge < -0.3 is 4.74 Å². The molecule has 0 aromatic carbocycles.